The molecule has 2 fully saturated rings. The monoisotopic (exact) mass is 516 g/mol. The maximum Gasteiger partial charge on any atom is 0.435 e. The van der Waals surface area contributed by atoms with Gasteiger partial charge < -0.3 is 10.6 Å². The number of carbonyl (C=O) groups excluding carboxylic acids is 2. The number of hydrogen-bond acceptors (Lipinski definition) is 2. The molecule has 1 saturated carbocycles. The molecule has 13 heteroatoms. The van der Waals surface area contributed by atoms with Crippen molar-refractivity contribution in [2.45, 2.75) is 68.0 Å². The Bertz CT molecular complexity index is 1020. The first-order chi connectivity index (χ1) is 16.0. The van der Waals surface area contributed by atoms with Gasteiger partial charge in [-0.15, -0.1) is 0 Å². The molecule has 1 saturated heterocycles. The quantitative estimate of drug-likeness (QED) is 0.590. The second kappa shape index (κ2) is 8.02. The van der Waals surface area contributed by atoms with Crippen molar-refractivity contribution in [3.8, 4) is 0 Å². The normalized spacial score (nSPS) is 28.5. The van der Waals surface area contributed by atoms with Gasteiger partial charge in [0.05, 0.1) is 6.54 Å². The highest BCUT2D eigenvalue weighted by Crippen LogP contribution is 2.55. The smallest absolute Gasteiger partial charge is 0.368 e. The van der Waals surface area contributed by atoms with Crippen LogP contribution in [0, 0.1) is 11.8 Å². The van der Waals surface area contributed by atoms with E-state index < -0.39 is 78.1 Å². The van der Waals surface area contributed by atoms with Gasteiger partial charge in [0.25, 0.3) is 5.92 Å². The number of alkyl halides is 9. The van der Waals surface area contributed by atoms with Gasteiger partial charge in [0.2, 0.25) is 11.8 Å². The average Bonchev–Trinajstić information content (AvgIpc) is 3.31. The summed E-state index contributed by atoms with van der Waals surface area (Å²) in [7, 11) is 0. The number of carbonyl (C=O) groups is 2. The second-order valence-corrected chi connectivity index (χ2v) is 9.50. The third-order valence-electron chi connectivity index (χ3n) is 7.49. The Balaban J connectivity index is 1.61. The topological polar surface area (TPSA) is 63.4 Å². The maximum absolute atomic E-state index is 14.5. The number of aryl methyl sites for hydroxylation is 1. The van der Waals surface area contributed by atoms with E-state index in [-0.39, 0.29) is 24.8 Å². The largest absolute Gasteiger partial charge is 0.435 e. The zero-order valence-electron chi connectivity index (χ0n) is 18.0. The van der Waals surface area contributed by atoms with Gasteiger partial charge in [-0.3, -0.25) is 9.59 Å². The Morgan fingerprint density at radius 2 is 1.60 bits per heavy atom. The third-order valence-corrected chi connectivity index (χ3v) is 7.49. The summed E-state index contributed by atoms with van der Waals surface area (Å²) in [4.78, 5) is 25.5. The number of fused-ring (bicyclic) bond motifs is 3. The fourth-order valence-corrected chi connectivity index (χ4v) is 5.89. The van der Waals surface area contributed by atoms with Crippen LogP contribution in [0.25, 0.3) is 0 Å². The van der Waals surface area contributed by atoms with Crippen molar-refractivity contribution in [1.82, 2.24) is 4.90 Å². The summed E-state index contributed by atoms with van der Waals surface area (Å²) in [6.07, 6.45) is -12.6. The number of halogens is 9. The van der Waals surface area contributed by atoms with Gasteiger partial charge in [-0.05, 0) is 48.6 Å². The van der Waals surface area contributed by atoms with Crippen LogP contribution in [0.1, 0.15) is 48.3 Å². The van der Waals surface area contributed by atoms with Crippen LogP contribution >= 0.6 is 0 Å². The van der Waals surface area contributed by atoms with Gasteiger partial charge in [-0.2, -0.15) is 26.3 Å². The Hall–Kier alpha value is -2.47. The van der Waals surface area contributed by atoms with Gasteiger partial charge in [-0.1, -0.05) is 18.2 Å². The van der Waals surface area contributed by atoms with E-state index in [0.29, 0.717) is 24.1 Å². The van der Waals surface area contributed by atoms with E-state index in [1.807, 2.05) is 0 Å². The molecule has 0 unspecified atom stereocenters. The minimum atomic E-state index is -6.23. The highest BCUT2D eigenvalue weighted by molar-refractivity contribution is 5.89. The van der Waals surface area contributed by atoms with E-state index in [2.05, 4.69) is 0 Å². The van der Waals surface area contributed by atoms with E-state index in [9.17, 15) is 49.1 Å². The minimum absolute atomic E-state index is 0.0185. The zero-order chi connectivity index (χ0) is 26.1. The first kappa shape index (κ1) is 25.6. The summed E-state index contributed by atoms with van der Waals surface area (Å²) in [5, 5.41) is 0. The lowest BCUT2D eigenvalue weighted by atomic mass is 9.73. The molecule has 0 spiro atoms. The molecule has 2 N–H and O–H groups in total. The fraction of sp³-hybridized carbons (Fsp3) is 0.636. The molecule has 0 radical (unpaired) electrons. The number of nitrogens with two attached hydrogens (primary N) is 1. The highest BCUT2D eigenvalue weighted by Gasteiger charge is 2.73. The van der Waals surface area contributed by atoms with Crippen LogP contribution in [0.15, 0.2) is 18.2 Å². The summed E-state index contributed by atoms with van der Waals surface area (Å²) in [6.45, 7) is -0.958. The van der Waals surface area contributed by atoms with Crippen LogP contribution in [0.3, 0.4) is 0 Å². The lowest BCUT2D eigenvalue weighted by molar-refractivity contribution is -0.348. The SMILES string of the molecule is NC(=O)[C@H]1CC(F)(F)CN1C(=O)[C@@H]1CC[C@H]2c3ccc(C(F)(C(F)(F)F)C(F)(F)F)cc3CC[C@@H]12. The standard InChI is InChI=1S/C22H21F9N2O2/c23-19(24)8-16(17(32)34)33(9-19)18(35)15-6-5-13-12-4-2-11(7-10(12)1-3-14(13)15)20(25,21(26,27)28)22(29,30)31/h2,4,7,13-16H,1,3,5-6,8-9H2,(H2,32,34)/t13-,14+,15+,16+/m0/s1. The predicted octanol–water partition coefficient (Wildman–Crippen LogP) is 4.75. The Kier molecular flexibility index (Phi) is 5.87. The number of nitrogens with zero attached hydrogens (tertiary/aromatic N) is 1. The average molecular weight is 516 g/mol. The number of likely N-dealkylation sites (tertiary alicyclic amines) is 1. The van der Waals surface area contributed by atoms with Gasteiger partial charge in [0, 0.05) is 17.9 Å². The van der Waals surface area contributed by atoms with Crippen molar-refractivity contribution in [3.05, 3.63) is 34.9 Å². The van der Waals surface area contributed by atoms with Crippen LogP contribution in [0.2, 0.25) is 0 Å². The molecule has 4 rings (SSSR count). The molecule has 4 atom stereocenters. The van der Waals surface area contributed by atoms with Crippen molar-refractivity contribution in [1.29, 1.82) is 0 Å². The maximum atomic E-state index is 14.5. The van der Waals surface area contributed by atoms with E-state index in [4.69, 9.17) is 5.73 Å². The molecule has 194 valence electrons. The lowest BCUT2D eigenvalue weighted by Crippen LogP contribution is -2.50. The zero-order valence-corrected chi connectivity index (χ0v) is 18.0. The number of amides is 2. The van der Waals surface area contributed by atoms with Crippen molar-refractivity contribution >= 4 is 11.8 Å². The minimum Gasteiger partial charge on any atom is -0.368 e. The summed E-state index contributed by atoms with van der Waals surface area (Å²) >= 11 is 0. The molecule has 0 bridgehead atoms. The Morgan fingerprint density at radius 1 is 0.971 bits per heavy atom. The molecule has 1 heterocycles. The Labute approximate surface area is 193 Å². The lowest BCUT2D eigenvalue weighted by Gasteiger charge is -2.35. The van der Waals surface area contributed by atoms with E-state index in [0.717, 1.165) is 11.0 Å². The van der Waals surface area contributed by atoms with E-state index >= 15 is 0 Å². The van der Waals surface area contributed by atoms with Crippen LogP contribution in [-0.2, 0) is 21.7 Å². The summed E-state index contributed by atoms with van der Waals surface area (Å²) in [5.74, 6) is -6.61. The summed E-state index contributed by atoms with van der Waals surface area (Å²) in [5.41, 5.74) is -1.38. The molecule has 2 aliphatic carbocycles. The van der Waals surface area contributed by atoms with E-state index in [1.54, 1.807) is 0 Å². The first-order valence-corrected chi connectivity index (χ1v) is 10.9. The third kappa shape index (κ3) is 4.04. The van der Waals surface area contributed by atoms with E-state index in [1.165, 1.54) is 0 Å². The van der Waals surface area contributed by atoms with Crippen LogP contribution < -0.4 is 5.73 Å². The molecule has 1 aromatic rings. The van der Waals surface area contributed by atoms with Gasteiger partial charge in [0.1, 0.15) is 6.04 Å². The Morgan fingerprint density at radius 3 is 2.17 bits per heavy atom. The molecule has 1 aromatic carbocycles. The molecule has 4 nitrogen and oxygen atoms in total. The van der Waals surface area contributed by atoms with Crippen LogP contribution in [0.4, 0.5) is 39.5 Å². The number of primary amides is 1. The summed E-state index contributed by atoms with van der Waals surface area (Å²) in [6, 6.07) is 0.598. The number of rotatable bonds is 3. The molecule has 3 aliphatic rings. The molecule has 1 aliphatic heterocycles. The van der Waals surface area contributed by atoms with Gasteiger partial charge >= 0.3 is 18.0 Å². The van der Waals surface area contributed by atoms with Crippen molar-refractivity contribution in [2.24, 2.45) is 17.6 Å². The number of benzene rings is 1. The second-order valence-electron chi connectivity index (χ2n) is 9.50. The summed E-state index contributed by atoms with van der Waals surface area (Å²) < 4.78 is 121. The molecular formula is C22H21F9N2O2. The molecule has 35 heavy (non-hydrogen) atoms. The predicted molar refractivity (Wildman–Crippen MR) is 103 cm³/mol. The molecule has 2 amide bonds. The van der Waals surface area contributed by atoms with Crippen LogP contribution in [0.5, 0.6) is 0 Å². The molecular weight excluding hydrogens is 495 g/mol. The highest BCUT2D eigenvalue weighted by atomic mass is 19.4. The van der Waals surface area contributed by atoms with Crippen molar-refractivity contribution in [3.63, 3.8) is 0 Å². The van der Waals surface area contributed by atoms with Crippen molar-refractivity contribution in [2.75, 3.05) is 6.54 Å². The van der Waals surface area contributed by atoms with Crippen molar-refractivity contribution < 1.29 is 49.1 Å². The fourth-order valence-electron chi connectivity index (χ4n) is 5.89. The first-order valence-electron chi connectivity index (χ1n) is 10.9. The van der Waals surface area contributed by atoms with Gasteiger partial charge in [0.15, 0.2) is 0 Å². The van der Waals surface area contributed by atoms with Gasteiger partial charge in [-0.25, -0.2) is 13.2 Å². The van der Waals surface area contributed by atoms with Crippen LogP contribution in [-0.4, -0.2) is 47.6 Å². The number of hydrogen-bond donors (Lipinski definition) is 1. The molecule has 0 aromatic heterocycles.